The van der Waals surface area contributed by atoms with Crippen molar-refractivity contribution in [3.63, 3.8) is 0 Å². The molecule has 6 heteroatoms. The van der Waals surface area contributed by atoms with E-state index in [-0.39, 0.29) is 17.8 Å². The molecule has 2 bridgehead atoms. The van der Waals surface area contributed by atoms with E-state index in [0.717, 1.165) is 36.9 Å². The molecule has 6 nitrogen and oxygen atoms in total. The summed E-state index contributed by atoms with van der Waals surface area (Å²) in [6, 6.07) is 3.76. The van der Waals surface area contributed by atoms with Gasteiger partial charge in [-0.3, -0.25) is 14.5 Å². The van der Waals surface area contributed by atoms with Crippen LogP contribution in [0.15, 0.2) is 24.8 Å². The van der Waals surface area contributed by atoms with Gasteiger partial charge in [-0.15, -0.1) is 6.58 Å². The number of ether oxygens (including phenoxy) is 2. The van der Waals surface area contributed by atoms with Gasteiger partial charge in [0.1, 0.15) is 0 Å². The van der Waals surface area contributed by atoms with Crippen molar-refractivity contribution in [2.75, 3.05) is 13.1 Å². The molecule has 4 aliphatic rings. The van der Waals surface area contributed by atoms with E-state index in [2.05, 4.69) is 18.4 Å². The average Bonchev–Trinajstić information content (AvgIpc) is 3.32. The number of hydrogen-bond acceptors (Lipinski definition) is 6. The Kier molecular flexibility index (Phi) is 9.91. The van der Waals surface area contributed by atoms with Gasteiger partial charge >= 0.3 is 5.97 Å². The minimum absolute atomic E-state index is 0.0406. The van der Waals surface area contributed by atoms with Crippen molar-refractivity contribution in [2.24, 2.45) is 0 Å². The monoisotopic (exact) mass is 565 g/mol. The van der Waals surface area contributed by atoms with Crippen LogP contribution in [0.25, 0.3) is 0 Å². The first kappa shape index (κ1) is 30.3. The number of Topliss-reactive ketones (excluding diaryl/α,β-unsaturated/α-hetero) is 1. The quantitative estimate of drug-likeness (QED) is 0.0950. The molecule has 226 valence electrons. The Morgan fingerprint density at radius 2 is 1.71 bits per heavy atom. The van der Waals surface area contributed by atoms with E-state index in [1.807, 2.05) is 18.2 Å². The highest BCUT2D eigenvalue weighted by molar-refractivity contribution is 5.90. The molecule has 2 aliphatic heterocycles. The number of benzene rings is 1. The van der Waals surface area contributed by atoms with Gasteiger partial charge in [-0.25, -0.2) is 0 Å². The Bertz CT molecular complexity index is 1100. The number of esters is 1. The van der Waals surface area contributed by atoms with Crippen molar-refractivity contribution in [1.82, 2.24) is 4.90 Å². The van der Waals surface area contributed by atoms with Gasteiger partial charge in [0.15, 0.2) is 23.4 Å². The number of rotatable bonds is 17. The summed E-state index contributed by atoms with van der Waals surface area (Å²) in [7, 11) is 0. The second-order valence-corrected chi connectivity index (χ2v) is 13.0. The van der Waals surface area contributed by atoms with Crippen molar-refractivity contribution < 1.29 is 24.2 Å². The van der Waals surface area contributed by atoms with E-state index in [0.29, 0.717) is 50.1 Å². The molecule has 1 saturated carbocycles. The van der Waals surface area contributed by atoms with Crippen LogP contribution in [0.3, 0.4) is 0 Å². The Labute approximate surface area is 246 Å². The predicted molar refractivity (Wildman–Crippen MR) is 162 cm³/mol. The minimum atomic E-state index is -1.05. The van der Waals surface area contributed by atoms with E-state index in [1.54, 1.807) is 0 Å². The van der Waals surface area contributed by atoms with Crippen molar-refractivity contribution in [3.8, 4) is 11.5 Å². The lowest BCUT2D eigenvalue weighted by molar-refractivity contribution is -0.187. The maximum Gasteiger partial charge on any atom is 0.311 e. The summed E-state index contributed by atoms with van der Waals surface area (Å²) in [4.78, 5) is 28.3. The zero-order valence-electron chi connectivity index (χ0n) is 25.3. The number of unbranched alkanes of at least 4 members (excludes halogenated alkanes) is 12. The van der Waals surface area contributed by atoms with Gasteiger partial charge in [0.05, 0.1) is 11.0 Å². The molecular formula is C35H51NO5. The van der Waals surface area contributed by atoms with Crippen molar-refractivity contribution in [1.29, 1.82) is 0 Å². The molecule has 2 aliphatic carbocycles. The summed E-state index contributed by atoms with van der Waals surface area (Å²) in [6.45, 7) is 7.66. The Morgan fingerprint density at radius 1 is 1.05 bits per heavy atom. The maximum absolute atomic E-state index is 13.2. The van der Waals surface area contributed by atoms with Gasteiger partial charge in [-0.05, 0) is 37.3 Å². The van der Waals surface area contributed by atoms with Gasteiger partial charge in [0.25, 0.3) is 0 Å². The summed E-state index contributed by atoms with van der Waals surface area (Å²) in [5, 5.41) is 12.3. The molecule has 4 atom stereocenters. The Balaban J connectivity index is 1.13. The molecule has 0 aromatic heterocycles. The fourth-order valence-electron chi connectivity index (χ4n) is 8.33. The molecule has 5 rings (SSSR count). The van der Waals surface area contributed by atoms with Gasteiger partial charge in [-0.2, -0.15) is 0 Å². The Morgan fingerprint density at radius 3 is 2.37 bits per heavy atom. The van der Waals surface area contributed by atoms with Gasteiger partial charge in [-0.1, -0.05) is 96.1 Å². The summed E-state index contributed by atoms with van der Waals surface area (Å²) in [5.41, 5.74) is 0.184. The molecule has 1 saturated heterocycles. The summed E-state index contributed by atoms with van der Waals surface area (Å²) < 4.78 is 12.2. The molecule has 1 aromatic rings. The maximum atomic E-state index is 13.2. The zero-order chi connectivity index (χ0) is 28.9. The SMILES string of the molecule is C=CCN1CC[C@]23c4c5ccc(OC(=O)CCCCCCCCCCCCCCC)c4O[C@H]2C(=O)CC[C@@]3(O)[C@@H]1C5. The van der Waals surface area contributed by atoms with Crippen molar-refractivity contribution in [2.45, 2.75) is 146 Å². The lowest BCUT2D eigenvalue weighted by Gasteiger charge is -2.62. The van der Waals surface area contributed by atoms with Crippen LogP contribution in [0.4, 0.5) is 0 Å². The minimum Gasteiger partial charge on any atom is -0.477 e. The highest BCUT2D eigenvalue weighted by Gasteiger charge is 2.73. The normalized spacial score (nSPS) is 27.8. The topological polar surface area (TPSA) is 76.1 Å². The number of aliphatic hydroxyl groups is 1. The van der Waals surface area contributed by atoms with Gasteiger partial charge < -0.3 is 14.6 Å². The van der Waals surface area contributed by atoms with Crippen molar-refractivity contribution in [3.05, 3.63) is 35.9 Å². The van der Waals surface area contributed by atoms with Crippen LogP contribution in [0, 0.1) is 0 Å². The fourth-order valence-corrected chi connectivity index (χ4v) is 8.33. The predicted octanol–water partition coefficient (Wildman–Crippen LogP) is 6.98. The number of piperidine rings is 1. The molecule has 2 heterocycles. The molecule has 1 aromatic carbocycles. The van der Waals surface area contributed by atoms with E-state index in [1.165, 1.54) is 64.2 Å². The van der Waals surface area contributed by atoms with E-state index in [9.17, 15) is 14.7 Å². The summed E-state index contributed by atoms with van der Waals surface area (Å²) >= 11 is 0. The van der Waals surface area contributed by atoms with Gasteiger partial charge in [0.2, 0.25) is 0 Å². The van der Waals surface area contributed by atoms with Crippen LogP contribution in [0.1, 0.15) is 127 Å². The highest BCUT2D eigenvalue weighted by Crippen LogP contribution is 2.64. The fraction of sp³-hybridized carbons (Fsp3) is 0.714. The van der Waals surface area contributed by atoms with E-state index in [4.69, 9.17) is 9.47 Å². The molecule has 0 radical (unpaired) electrons. The lowest BCUT2D eigenvalue weighted by Crippen LogP contribution is -2.76. The molecule has 1 N–H and O–H groups in total. The smallest absolute Gasteiger partial charge is 0.311 e. The number of nitrogens with zero attached hydrogens (tertiary/aromatic N) is 1. The molecule has 41 heavy (non-hydrogen) atoms. The standard InChI is InChI=1S/C35H51NO5/c1-3-5-6-7-8-9-10-11-12-13-14-15-16-17-30(38)40-28-19-18-26-25-29-35(39)21-20-27(37)33-34(35,31(26)32(28)41-33)22-24-36(29)23-4-2/h4,18-19,29,33,39H,2-3,5-17,20-25H2,1H3/t29-,33-,34-,35+/m0/s1. The zero-order valence-corrected chi connectivity index (χ0v) is 25.3. The number of likely N-dealkylation sites (tertiary alicyclic amines) is 1. The summed E-state index contributed by atoms with van der Waals surface area (Å²) in [5.74, 6) is 0.695. The first-order valence-electron chi connectivity index (χ1n) is 16.6. The van der Waals surface area contributed by atoms with Crippen LogP contribution < -0.4 is 9.47 Å². The molecule has 0 unspecified atom stereocenters. The number of carbonyl (C=O) groups excluding carboxylic acids is 2. The van der Waals surface area contributed by atoms with E-state index >= 15 is 0 Å². The van der Waals surface area contributed by atoms with E-state index < -0.39 is 17.1 Å². The highest BCUT2D eigenvalue weighted by atomic mass is 16.6. The number of ketones is 1. The second kappa shape index (κ2) is 13.4. The van der Waals surface area contributed by atoms with Crippen LogP contribution in [0.5, 0.6) is 11.5 Å². The third-order valence-electron chi connectivity index (χ3n) is 10.4. The first-order valence-corrected chi connectivity index (χ1v) is 16.6. The average molecular weight is 566 g/mol. The number of hydrogen-bond donors (Lipinski definition) is 1. The molecule has 0 amide bonds. The third-order valence-corrected chi connectivity index (χ3v) is 10.4. The van der Waals surface area contributed by atoms with Gasteiger partial charge in [0, 0.05) is 37.5 Å². The molecule has 2 fully saturated rings. The second-order valence-electron chi connectivity index (χ2n) is 13.0. The Hall–Kier alpha value is -2.18. The molecular weight excluding hydrogens is 514 g/mol. The van der Waals surface area contributed by atoms with Crippen LogP contribution in [-0.2, 0) is 21.4 Å². The van der Waals surface area contributed by atoms with Crippen molar-refractivity contribution >= 4 is 11.8 Å². The number of carbonyl (C=O) groups is 2. The lowest BCUT2D eigenvalue weighted by atomic mass is 9.49. The van der Waals surface area contributed by atoms with Crippen LogP contribution in [0.2, 0.25) is 0 Å². The first-order chi connectivity index (χ1) is 20.0. The summed E-state index contributed by atoms with van der Waals surface area (Å²) in [6.07, 6.45) is 20.0. The van der Waals surface area contributed by atoms with Crippen LogP contribution in [-0.4, -0.2) is 52.6 Å². The molecule has 1 spiro atoms. The third kappa shape index (κ3) is 5.76. The largest absolute Gasteiger partial charge is 0.477 e. The van der Waals surface area contributed by atoms with Crippen LogP contribution >= 0.6 is 0 Å².